The van der Waals surface area contributed by atoms with Crippen LogP contribution in [0, 0.1) is 0 Å². The summed E-state index contributed by atoms with van der Waals surface area (Å²) in [5.74, 6) is 0.794. The van der Waals surface area contributed by atoms with Gasteiger partial charge >= 0.3 is 0 Å². The van der Waals surface area contributed by atoms with E-state index in [1.165, 1.54) is 39.5 Å². The van der Waals surface area contributed by atoms with Crippen molar-refractivity contribution in [1.29, 1.82) is 0 Å². The van der Waals surface area contributed by atoms with Gasteiger partial charge in [0.2, 0.25) is 5.91 Å². The fourth-order valence-electron chi connectivity index (χ4n) is 2.80. The van der Waals surface area contributed by atoms with Gasteiger partial charge in [-0.1, -0.05) is 0 Å². The number of sulfonamides is 1. The quantitative estimate of drug-likeness (QED) is 0.492. The van der Waals surface area contributed by atoms with Crippen molar-refractivity contribution in [1.82, 2.24) is 5.32 Å². The molecule has 0 bridgehead atoms. The Morgan fingerprint density at radius 2 is 1.61 bits per heavy atom. The molecule has 0 saturated heterocycles. The van der Waals surface area contributed by atoms with Gasteiger partial charge in [0.15, 0.2) is 11.5 Å². The van der Waals surface area contributed by atoms with Gasteiger partial charge < -0.3 is 24.3 Å². The molecular formula is C21H28N2O7S. The van der Waals surface area contributed by atoms with Crippen LogP contribution in [-0.2, 0) is 19.6 Å². The average molecular weight is 453 g/mol. The lowest BCUT2D eigenvalue weighted by molar-refractivity contribution is -0.119. The molecule has 2 aromatic rings. The first-order valence-electron chi connectivity index (χ1n) is 9.51. The second-order valence-electron chi connectivity index (χ2n) is 6.42. The molecule has 9 nitrogen and oxygen atoms in total. The highest BCUT2D eigenvalue weighted by Crippen LogP contribution is 2.32. The van der Waals surface area contributed by atoms with Gasteiger partial charge in [-0.2, -0.15) is 0 Å². The molecule has 0 heterocycles. The van der Waals surface area contributed by atoms with Gasteiger partial charge in [-0.3, -0.25) is 9.10 Å². The van der Waals surface area contributed by atoms with Crippen molar-refractivity contribution in [3.05, 3.63) is 42.5 Å². The zero-order valence-corrected chi connectivity index (χ0v) is 18.9. The van der Waals surface area contributed by atoms with E-state index >= 15 is 0 Å². The van der Waals surface area contributed by atoms with Crippen LogP contribution in [0.5, 0.6) is 17.2 Å². The molecule has 1 amide bonds. The molecule has 0 aliphatic heterocycles. The van der Waals surface area contributed by atoms with E-state index in [4.69, 9.17) is 18.9 Å². The summed E-state index contributed by atoms with van der Waals surface area (Å²) in [5, 5.41) is 2.71. The van der Waals surface area contributed by atoms with E-state index in [9.17, 15) is 13.2 Å². The van der Waals surface area contributed by atoms with Gasteiger partial charge in [-0.15, -0.1) is 0 Å². The highest BCUT2D eigenvalue weighted by atomic mass is 32.2. The number of nitrogens with zero attached hydrogens (tertiary/aromatic N) is 1. The number of methoxy groups -OCH3 is 4. The predicted octanol–water partition coefficient (Wildman–Crippen LogP) is 2.06. The average Bonchev–Trinajstić information content (AvgIpc) is 2.79. The molecule has 0 unspecified atom stereocenters. The molecule has 2 rings (SSSR count). The number of benzene rings is 2. The van der Waals surface area contributed by atoms with E-state index < -0.39 is 22.5 Å². The minimum atomic E-state index is -4.09. The Balaban J connectivity index is 2.39. The topological polar surface area (TPSA) is 103 Å². The third-order valence-corrected chi connectivity index (χ3v) is 6.21. The summed E-state index contributed by atoms with van der Waals surface area (Å²) in [4.78, 5) is 12.5. The number of carbonyl (C=O) groups excluding carboxylic acids is 1. The molecule has 0 fully saturated rings. The van der Waals surface area contributed by atoms with Crippen LogP contribution in [-0.4, -0.2) is 62.5 Å². The lowest BCUT2D eigenvalue weighted by Crippen LogP contribution is -2.41. The standard InChI is InChI=1S/C21H28N2O7S/c1-27-13-5-12-22-21(24)15-23(16-6-8-17(28-2)9-7-16)31(25,26)18-10-11-19(29-3)20(14-18)30-4/h6-11,14H,5,12-13,15H2,1-4H3,(H,22,24). The van der Waals surface area contributed by atoms with Crippen molar-refractivity contribution >= 4 is 21.6 Å². The molecule has 0 saturated carbocycles. The van der Waals surface area contributed by atoms with Crippen LogP contribution in [0.2, 0.25) is 0 Å². The molecule has 0 spiro atoms. The summed E-state index contributed by atoms with van der Waals surface area (Å²) >= 11 is 0. The fraction of sp³-hybridized carbons (Fsp3) is 0.381. The molecule has 0 aliphatic rings. The first-order valence-corrected chi connectivity index (χ1v) is 11.0. The predicted molar refractivity (Wildman–Crippen MR) is 117 cm³/mol. The number of anilines is 1. The Hall–Kier alpha value is -2.98. The molecule has 31 heavy (non-hydrogen) atoms. The summed E-state index contributed by atoms with van der Waals surface area (Å²) in [6.07, 6.45) is 0.618. The van der Waals surface area contributed by atoms with Crippen LogP contribution >= 0.6 is 0 Å². The molecule has 0 aromatic heterocycles. The minimum Gasteiger partial charge on any atom is -0.497 e. The molecule has 170 valence electrons. The normalized spacial score (nSPS) is 11.0. The highest BCUT2D eigenvalue weighted by Gasteiger charge is 2.28. The van der Waals surface area contributed by atoms with Gasteiger partial charge in [-0.25, -0.2) is 8.42 Å². The number of amides is 1. The summed E-state index contributed by atoms with van der Waals surface area (Å²) in [6.45, 7) is 0.474. The van der Waals surface area contributed by atoms with Crippen molar-refractivity contribution in [2.24, 2.45) is 0 Å². The SMILES string of the molecule is COCCCNC(=O)CN(c1ccc(OC)cc1)S(=O)(=O)c1ccc(OC)c(OC)c1. The maximum Gasteiger partial charge on any atom is 0.264 e. The van der Waals surface area contributed by atoms with Gasteiger partial charge in [0, 0.05) is 26.3 Å². The lowest BCUT2D eigenvalue weighted by atomic mass is 10.3. The highest BCUT2D eigenvalue weighted by molar-refractivity contribution is 7.92. The number of hydrogen-bond acceptors (Lipinski definition) is 7. The zero-order chi connectivity index (χ0) is 22.9. The maximum atomic E-state index is 13.5. The third-order valence-electron chi connectivity index (χ3n) is 4.44. The Morgan fingerprint density at radius 3 is 2.19 bits per heavy atom. The maximum absolute atomic E-state index is 13.5. The Labute approximate surface area is 182 Å². The fourth-order valence-corrected chi connectivity index (χ4v) is 4.24. The number of rotatable bonds is 12. The van der Waals surface area contributed by atoms with Gasteiger partial charge in [0.05, 0.1) is 31.9 Å². The number of carbonyl (C=O) groups is 1. The van der Waals surface area contributed by atoms with Gasteiger partial charge in [0.1, 0.15) is 12.3 Å². The van der Waals surface area contributed by atoms with Crippen molar-refractivity contribution < 1.29 is 32.2 Å². The van der Waals surface area contributed by atoms with E-state index in [0.717, 1.165) is 4.31 Å². The molecule has 0 radical (unpaired) electrons. The van der Waals surface area contributed by atoms with E-state index in [0.29, 0.717) is 36.8 Å². The van der Waals surface area contributed by atoms with E-state index in [-0.39, 0.29) is 10.6 Å². The van der Waals surface area contributed by atoms with Crippen molar-refractivity contribution in [2.45, 2.75) is 11.3 Å². The second kappa shape index (κ2) is 11.4. The van der Waals surface area contributed by atoms with Crippen molar-refractivity contribution in [3.8, 4) is 17.2 Å². The first-order chi connectivity index (χ1) is 14.9. The van der Waals surface area contributed by atoms with Crippen LogP contribution < -0.4 is 23.8 Å². The van der Waals surface area contributed by atoms with Crippen LogP contribution in [0.1, 0.15) is 6.42 Å². The Morgan fingerprint density at radius 1 is 0.935 bits per heavy atom. The Bertz CT molecular complexity index is 962. The summed E-state index contributed by atoms with van der Waals surface area (Å²) in [5.41, 5.74) is 0.322. The van der Waals surface area contributed by atoms with Crippen LogP contribution in [0.3, 0.4) is 0 Å². The van der Waals surface area contributed by atoms with Gasteiger partial charge in [-0.05, 0) is 42.8 Å². The van der Waals surface area contributed by atoms with Crippen molar-refractivity contribution in [3.63, 3.8) is 0 Å². The molecule has 1 N–H and O–H groups in total. The monoisotopic (exact) mass is 452 g/mol. The summed E-state index contributed by atoms with van der Waals surface area (Å²) in [6, 6.07) is 10.7. The van der Waals surface area contributed by atoms with Crippen molar-refractivity contribution in [2.75, 3.05) is 52.4 Å². The number of ether oxygens (including phenoxy) is 4. The van der Waals surface area contributed by atoms with Crippen LogP contribution in [0.25, 0.3) is 0 Å². The van der Waals surface area contributed by atoms with Crippen LogP contribution in [0.4, 0.5) is 5.69 Å². The zero-order valence-electron chi connectivity index (χ0n) is 18.1. The lowest BCUT2D eigenvalue weighted by Gasteiger charge is -2.24. The van der Waals surface area contributed by atoms with E-state index in [1.54, 1.807) is 31.4 Å². The molecule has 2 aromatic carbocycles. The first kappa shape index (κ1) is 24.3. The smallest absolute Gasteiger partial charge is 0.264 e. The Kier molecular flexibility index (Phi) is 8.95. The van der Waals surface area contributed by atoms with Gasteiger partial charge in [0.25, 0.3) is 10.0 Å². The van der Waals surface area contributed by atoms with E-state index in [1.807, 2.05) is 0 Å². The molecule has 10 heteroatoms. The van der Waals surface area contributed by atoms with E-state index in [2.05, 4.69) is 5.32 Å². The second-order valence-corrected chi connectivity index (χ2v) is 8.29. The number of nitrogens with one attached hydrogen (secondary N) is 1. The number of hydrogen-bond donors (Lipinski definition) is 1. The summed E-state index contributed by atoms with van der Waals surface area (Å²) < 4.78 is 48.5. The van der Waals surface area contributed by atoms with Crippen LogP contribution in [0.15, 0.2) is 47.4 Å². The molecular weight excluding hydrogens is 424 g/mol. The largest absolute Gasteiger partial charge is 0.497 e. The summed E-state index contributed by atoms with van der Waals surface area (Å²) in [7, 11) is 1.88. The molecule has 0 atom stereocenters. The third kappa shape index (κ3) is 6.25. The molecule has 0 aliphatic carbocycles. The minimum absolute atomic E-state index is 0.0341.